The van der Waals surface area contributed by atoms with Gasteiger partial charge in [-0.25, -0.2) is 4.39 Å². The molecule has 0 N–H and O–H groups in total. The van der Waals surface area contributed by atoms with Crippen molar-refractivity contribution in [3.8, 4) is 0 Å². The average molecular weight is 343 g/mol. The number of nitrogens with zero attached hydrogens (tertiary/aromatic N) is 5. The first-order valence-electron chi connectivity index (χ1n) is 8.87. The molecule has 2 heterocycles. The molecule has 0 saturated carbocycles. The highest BCUT2D eigenvalue weighted by molar-refractivity contribution is 5.39. The smallest absolute Gasteiger partial charge is 0.230 e. The van der Waals surface area contributed by atoms with E-state index in [1.165, 1.54) is 5.56 Å². The normalized spacial score (nSPS) is 15.7. The zero-order valence-corrected chi connectivity index (χ0v) is 15.4. The van der Waals surface area contributed by atoms with Crippen LogP contribution in [-0.2, 0) is 0 Å². The molecule has 2 aromatic rings. The van der Waals surface area contributed by atoms with Crippen LogP contribution in [0.5, 0.6) is 0 Å². The molecule has 0 radical (unpaired) electrons. The molecule has 6 heteroatoms. The average Bonchev–Trinajstić information content (AvgIpc) is 2.62. The van der Waals surface area contributed by atoms with Gasteiger partial charge < -0.3 is 9.80 Å². The minimum atomic E-state index is -0.177. The molecule has 1 aliphatic rings. The number of halogens is 1. The van der Waals surface area contributed by atoms with E-state index in [0.717, 1.165) is 37.7 Å². The van der Waals surface area contributed by atoms with E-state index in [1.807, 2.05) is 31.1 Å². The zero-order valence-electron chi connectivity index (χ0n) is 15.4. The molecule has 0 amide bonds. The zero-order chi connectivity index (χ0) is 18.0. The molecule has 0 bridgehead atoms. The molecule has 0 aliphatic carbocycles. The first kappa shape index (κ1) is 17.6. The Morgan fingerprint density at radius 2 is 1.68 bits per heavy atom. The van der Waals surface area contributed by atoms with Crippen molar-refractivity contribution >= 4 is 11.9 Å². The molecule has 5 nitrogen and oxygen atoms in total. The molecule has 134 valence electrons. The van der Waals surface area contributed by atoms with E-state index in [1.54, 1.807) is 12.1 Å². The van der Waals surface area contributed by atoms with Gasteiger partial charge in [0.15, 0.2) is 0 Å². The summed E-state index contributed by atoms with van der Waals surface area (Å²) < 4.78 is 13.1. The van der Waals surface area contributed by atoms with Crippen molar-refractivity contribution in [2.24, 2.45) is 0 Å². The summed E-state index contributed by atoms with van der Waals surface area (Å²) in [5, 5.41) is 0. The van der Waals surface area contributed by atoms with E-state index in [0.29, 0.717) is 11.9 Å². The van der Waals surface area contributed by atoms with Crippen LogP contribution in [0, 0.1) is 5.82 Å². The van der Waals surface area contributed by atoms with Crippen LogP contribution in [0.3, 0.4) is 0 Å². The van der Waals surface area contributed by atoms with Crippen molar-refractivity contribution in [2.45, 2.75) is 38.5 Å². The summed E-state index contributed by atoms with van der Waals surface area (Å²) in [6, 6.07) is 6.90. The fourth-order valence-electron chi connectivity index (χ4n) is 3.12. The van der Waals surface area contributed by atoms with Gasteiger partial charge in [0, 0.05) is 33.1 Å². The van der Waals surface area contributed by atoms with Gasteiger partial charge in [0.05, 0.1) is 0 Å². The molecule has 0 atom stereocenters. The van der Waals surface area contributed by atoms with Crippen LogP contribution >= 0.6 is 0 Å². The summed E-state index contributed by atoms with van der Waals surface area (Å²) in [6.07, 6.45) is 2.04. The maximum absolute atomic E-state index is 13.1. The van der Waals surface area contributed by atoms with Gasteiger partial charge in [-0.2, -0.15) is 15.0 Å². The van der Waals surface area contributed by atoms with Crippen molar-refractivity contribution in [1.82, 2.24) is 15.0 Å². The summed E-state index contributed by atoms with van der Waals surface area (Å²) in [7, 11) is 3.90. The number of piperidine rings is 1. The van der Waals surface area contributed by atoms with Crippen LogP contribution in [0.1, 0.15) is 49.9 Å². The first-order chi connectivity index (χ1) is 11.9. The number of hydrogen-bond donors (Lipinski definition) is 0. The van der Waals surface area contributed by atoms with Crippen LogP contribution in [0.25, 0.3) is 0 Å². The Morgan fingerprint density at radius 3 is 2.24 bits per heavy atom. The largest absolute Gasteiger partial charge is 0.347 e. The first-order valence-corrected chi connectivity index (χ1v) is 8.87. The highest BCUT2D eigenvalue weighted by atomic mass is 19.1. The second-order valence-electron chi connectivity index (χ2n) is 7.16. The third-order valence-corrected chi connectivity index (χ3v) is 4.66. The lowest BCUT2D eigenvalue weighted by atomic mass is 9.89. The maximum atomic E-state index is 13.1. The van der Waals surface area contributed by atoms with E-state index in [9.17, 15) is 4.39 Å². The number of rotatable bonds is 4. The van der Waals surface area contributed by atoms with Gasteiger partial charge in [-0.05, 0) is 36.5 Å². The van der Waals surface area contributed by atoms with Gasteiger partial charge in [-0.15, -0.1) is 0 Å². The third kappa shape index (κ3) is 4.06. The molecule has 25 heavy (non-hydrogen) atoms. The van der Waals surface area contributed by atoms with E-state index in [2.05, 4.69) is 33.7 Å². The standard InChI is InChI=1S/C19H26FN5/c1-13(2)17-21-18(24(3)4)23-19(22-17)25-11-9-15(10-12-25)14-5-7-16(20)8-6-14/h5-8,13,15H,9-12H2,1-4H3. The van der Waals surface area contributed by atoms with Crippen LogP contribution in [0.15, 0.2) is 24.3 Å². The van der Waals surface area contributed by atoms with Gasteiger partial charge in [-0.1, -0.05) is 26.0 Å². The molecule has 0 spiro atoms. The van der Waals surface area contributed by atoms with Gasteiger partial charge in [0.2, 0.25) is 11.9 Å². The Hall–Kier alpha value is -2.24. The van der Waals surface area contributed by atoms with Gasteiger partial charge >= 0.3 is 0 Å². The van der Waals surface area contributed by atoms with Crippen molar-refractivity contribution in [1.29, 1.82) is 0 Å². The van der Waals surface area contributed by atoms with Crippen molar-refractivity contribution in [3.05, 3.63) is 41.5 Å². The highest BCUT2D eigenvalue weighted by Crippen LogP contribution is 2.30. The molecular formula is C19H26FN5. The van der Waals surface area contributed by atoms with Crippen LogP contribution in [0.2, 0.25) is 0 Å². The fourth-order valence-corrected chi connectivity index (χ4v) is 3.12. The van der Waals surface area contributed by atoms with Gasteiger partial charge in [0.1, 0.15) is 11.6 Å². The molecule has 1 aromatic heterocycles. The van der Waals surface area contributed by atoms with Gasteiger partial charge in [0.25, 0.3) is 0 Å². The van der Waals surface area contributed by atoms with Crippen LogP contribution < -0.4 is 9.80 Å². The van der Waals surface area contributed by atoms with E-state index < -0.39 is 0 Å². The molecule has 1 aromatic carbocycles. The van der Waals surface area contributed by atoms with E-state index in [4.69, 9.17) is 0 Å². The van der Waals surface area contributed by atoms with Crippen molar-refractivity contribution in [2.75, 3.05) is 37.0 Å². The lowest BCUT2D eigenvalue weighted by Gasteiger charge is -2.32. The Labute approximate surface area is 148 Å². The summed E-state index contributed by atoms with van der Waals surface area (Å²) in [6.45, 7) is 5.99. The lowest BCUT2D eigenvalue weighted by Crippen LogP contribution is -2.35. The van der Waals surface area contributed by atoms with Gasteiger partial charge in [-0.3, -0.25) is 0 Å². The molecular weight excluding hydrogens is 317 g/mol. The lowest BCUT2D eigenvalue weighted by molar-refractivity contribution is 0.497. The summed E-state index contributed by atoms with van der Waals surface area (Å²) in [4.78, 5) is 18.0. The van der Waals surface area contributed by atoms with E-state index >= 15 is 0 Å². The fraction of sp³-hybridized carbons (Fsp3) is 0.526. The Kier molecular flexibility index (Phi) is 5.16. The number of benzene rings is 1. The minimum Gasteiger partial charge on any atom is -0.347 e. The SMILES string of the molecule is CC(C)c1nc(N(C)C)nc(N2CCC(c3ccc(F)cc3)CC2)n1. The predicted octanol–water partition coefficient (Wildman–Crippen LogP) is 3.58. The summed E-state index contributed by atoms with van der Waals surface area (Å²) >= 11 is 0. The maximum Gasteiger partial charge on any atom is 0.230 e. The number of hydrogen-bond acceptors (Lipinski definition) is 5. The predicted molar refractivity (Wildman–Crippen MR) is 98.8 cm³/mol. The Balaban J connectivity index is 1.75. The third-order valence-electron chi connectivity index (χ3n) is 4.66. The van der Waals surface area contributed by atoms with Crippen molar-refractivity contribution in [3.63, 3.8) is 0 Å². The molecule has 1 saturated heterocycles. The Bertz CT molecular complexity index is 680. The molecule has 1 aliphatic heterocycles. The second-order valence-corrected chi connectivity index (χ2v) is 7.16. The number of anilines is 2. The monoisotopic (exact) mass is 343 g/mol. The molecule has 1 fully saturated rings. The summed E-state index contributed by atoms with van der Waals surface area (Å²) in [5.74, 6) is 2.85. The molecule has 0 unspecified atom stereocenters. The Morgan fingerprint density at radius 1 is 1.04 bits per heavy atom. The minimum absolute atomic E-state index is 0.177. The summed E-state index contributed by atoms with van der Waals surface area (Å²) in [5.41, 5.74) is 1.22. The number of aromatic nitrogens is 3. The van der Waals surface area contributed by atoms with Crippen LogP contribution in [-0.4, -0.2) is 42.1 Å². The highest BCUT2D eigenvalue weighted by Gasteiger charge is 2.23. The van der Waals surface area contributed by atoms with E-state index in [-0.39, 0.29) is 11.7 Å². The van der Waals surface area contributed by atoms with Crippen LogP contribution in [0.4, 0.5) is 16.3 Å². The quantitative estimate of drug-likeness (QED) is 0.849. The topological polar surface area (TPSA) is 45.2 Å². The molecule has 3 rings (SSSR count). The van der Waals surface area contributed by atoms with Crippen molar-refractivity contribution < 1.29 is 4.39 Å². The second kappa shape index (κ2) is 7.33.